The van der Waals surface area contributed by atoms with Crippen molar-refractivity contribution in [1.82, 2.24) is 4.90 Å². The summed E-state index contributed by atoms with van der Waals surface area (Å²) in [5.74, 6) is 2.84. The van der Waals surface area contributed by atoms with Crippen molar-refractivity contribution in [3.05, 3.63) is 0 Å². The Kier molecular flexibility index (Phi) is 3.91. The third kappa shape index (κ3) is 2.17. The molecule has 1 atom stereocenters. The molecule has 2 heteroatoms. The summed E-state index contributed by atoms with van der Waals surface area (Å²) in [7, 11) is 2.25. The lowest BCUT2D eigenvalue weighted by Crippen LogP contribution is -2.24. The van der Waals surface area contributed by atoms with Crippen molar-refractivity contribution >= 4 is 11.8 Å². The zero-order chi connectivity index (χ0) is 9.03. The van der Waals surface area contributed by atoms with Crippen LogP contribution in [0.1, 0.15) is 26.7 Å². The summed E-state index contributed by atoms with van der Waals surface area (Å²) < 4.78 is 0. The lowest BCUT2D eigenvalue weighted by atomic mass is 9.87. The first kappa shape index (κ1) is 10.4. The zero-order valence-electron chi connectivity index (χ0n) is 8.60. The van der Waals surface area contributed by atoms with Crippen molar-refractivity contribution in [3.8, 4) is 0 Å². The molecule has 2 aliphatic heterocycles. The standard InChI is InChI=1S/C8H15NS.C2H6/c1-9-4-2-8(6-9)3-5-10-7-8;1-2/h2-7H2,1H3;1-2H3. The van der Waals surface area contributed by atoms with Crippen molar-refractivity contribution in [2.45, 2.75) is 26.7 Å². The van der Waals surface area contributed by atoms with Gasteiger partial charge in [0.1, 0.15) is 0 Å². The molecular weight excluding hydrogens is 166 g/mol. The van der Waals surface area contributed by atoms with E-state index in [1.165, 1.54) is 37.4 Å². The molecule has 2 rings (SSSR count). The molecule has 0 aromatic carbocycles. The van der Waals surface area contributed by atoms with Crippen LogP contribution >= 0.6 is 11.8 Å². The van der Waals surface area contributed by atoms with E-state index in [0.29, 0.717) is 0 Å². The Bertz CT molecular complexity index is 130. The molecule has 0 aromatic heterocycles. The van der Waals surface area contributed by atoms with Gasteiger partial charge in [0.15, 0.2) is 0 Å². The van der Waals surface area contributed by atoms with Gasteiger partial charge >= 0.3 is 0 Å². The Morgan fingerprint density at radius 1 is 1.25 bits per heavy atom. The summed E-state index contributed by atoms with van der Waals surface area (Å²) >= 11 is 2.15. The van der Waals surface area contributed by atoms with E-state index in [1.54, 1.807) is 0 Å². The molecule has 1 unspecified atom stereocenters. The summed E-state index contributed by atoms with van der Waals surface area (Å²) in [4.78, 5) is 2.48. The van der Waals surface area contributed by atoms with Crippen LogP contribution in [-0.2, 0) is 0 Å². The summed E-state index contributed by atoms with van der Waals surface area (Å²) in [5.41, 5.74) is 0.749. The maximum Gasteiger partial charge on any atom is 0.00436 e. The Morgan fingerprint density at radius 3 is 2.42 bits per heavy atom. The second-order valence-electron chi connectivity index (χ2n) is 3.79. The largest absolute Gasteiger partial charge is 0.306 e. The van der Waals surface area contributed by atoms with Gasteiger partial charge in [0.05, 0.1) is 0 Å². The minimum absolute atomic E-state index is 0.749. The zero-order valence-corrected chi connectivity index (χ0v) is 9.41. The molecule has 0 N–H and O–H groups in total. The topological polar surface area (TPSA) is 3.24 Å². The summed E-state index contributed by atoms with van der Waals surface area (Å²) in [6.45, 7) is 6.70. The monoisotopic (exact) mass is 187 g/mol. The van der Waals surface area contributed by atoms with E-state index in [0.717, 1.165) is 5.41 Å². The number of hydrogen-bond acceptors (Lipinski definition) is 2. The number of hydrogen-bond donors (Lipinski definition) is 0. The summed E-state index contributed by atoms with van der Waals surface area (Å²) in [6, 6.07) is 0. The van der Waals surface area contributed by atoms with Gasteiger partial charge in [-0.25, -0.2) is 0 Å². The van der Waals surface area contributed by atoms with E-state index in [4.69, 9.17) is 0 Å². The fourth-order valence-corrected chi connectivity index (χ4v) is 3.66. The van der Waals surface area contributed by atoms with Gasteiger partial charge in [-0.15, -0.1) is 0 Å². The third-order valence-corrected chi connectivity index (χ3v) is 4.12. The minimum Gasteiger partial charge on any atom is -0.306 e. The van der Waals surface area contributed by atoms with Gasteiger partial charge in [0, 0.05) is 12.3 Å². The molecule has 0 aliphatic carbocycles. The van der Waals surface area contributed by atoms with Crippen LogP contribution in [0, 0.1) is 5.41 Å². The molecule has 1 spiro atoms. The Labute approximate surface area is 80.9 Å². The van der Waals surface area contributed by atoms with Crippen LogP contribution in [0.5, 0.6) is 0 Å². The minimum atomic E-state index is 0.749. The molecule has 2 fully saturated rings. The number of thioether (sulfide) groups is 1. The molecule has 0 bridgehead atoms. The molecule has 1 nitrogen and oxygen atoms in total. The molecule has 2 saturated heterocycles. The van der Waals surface area contributed by atoms with E-state index >= 15 is 0 Å². The average molecular weight is 187 g/mol. The SMILES string of the molecule is CC.CN1CCC2(CCSC2)C1. The van der Waals surface area contributed by atoms with Gasteiger partial charge in [-0.2, -0.15) is 11.8 Å². The van der Waals surface area contributed by atoms with Crippen LogP contribution in [0.25, 0.3) is 0 Å². The number of nitrogens with zero attached hydrogens (tertiary/aromatic N) is 1. The van der Waals surface area contributed by atoms with Gasteiger partial charge < -0.3 is 4.90 Å². The van der Waals surface area contributed by atoms with E-state index in [-0.39, 0.29) is 0 Å². The lowest BCUT2D eigenvalue weighted by molar-refractivity contribution is 0.318. The number of rotatable bonds is 0. The fraction of sp³-hybridized carbons (Fsp3) is 1.00. The van der Waals surface area contributed by atoms with Crippen LogP contribution in [-0.4, -0.2) is 36.5 Å². The van der Waals surface area contributed by atoms with Gasteiger partial charge in [-0.05, 0) is 37.6 Å². The molecule has 0 aromatic rings. The van der Waals surface area contributed by atoms with Gasteiger partial charge in [0.25, 0.3) is 0 Å². The first-order valence-corrected chi connectivity index (χ1v) is 6.23. The van der Waals surface area contributed by atoms with Gasteiger partial charge in [0.2, 0.25) is 0 Å². The predicted molar refractivity (Wildman–Crippen MR) is 57.8 cm³/mol. The highest BCUT2D eigenvalue weighted by Crippen LogP contribution is 2.42. The van der Waals surface area contributed by atoms with Crippen molar-refractivity contribution in [2.75, 3.05) is 31.6 Å². The highest BCUT2D eigenvalue weighted by Gasteiger charge is 2.39. The van der Waals surface area contributed by atoms with E-state index in [2.05, 4.69) is 23.7 Å². The maximum absolute atomic E-state index is 2.48. The van der Waals surface area contributed by atoms with Crippen molar-refractivity contribution in [1.29, 1.82) is 0 Å². The highest BCUT2D eigenvalue weighted by molar-refractivity contribution is 7.99. The van der Waals surface area contributed by atoms with E-state index in [9.17, 15) is 0 Å². The fourth-order valence-electron chi connectivity index (χ4n) is 2.13. The molecule has 2 aliphatic rings. The maximum atomic E-state index is 2.48. The van der Waals surface area contributed by atoms with Crippen LogP contribution in [0.2, 0.25) is 0 Å². The highest BCUT2D eigenvalue weighted by atomic mass is 32.2. The van der Waals surface area contributed by atoms with Crippen molar-refractivity contribution in [3.63, 3.8) is 0 Å². The Hall–Kier alpha value is 0.310. The molecule has 72 valence electrons. The molecule has 0 amide bonds. The first-order valence-electron chi connectivity index (χ1n) is 5.07. The lowest BCUT2D eigenvalue weighted by Gasteiger charge is -2.20. The normalized spacial score (nSPS) is 35.2. The average Bonchev–Trinajstić information content (AvgIpc) is 2.68. The van der Waals surface area contributed by atoms with E-state index < -0.39 is 0 Å². The molecule has 0 saturated carbocycles. The number of likely N-dealkylation sites (tertiary alicyclic amines) is 1. The van der Waals surface area contributed by atoms with E-state index in [1.807, 2.05) is 13.8 Å². The second-order valence-corrected chi connectivity index (χ2v) is 4.90. The third-order valence-electron chi connectivity index (χ3n) is 2.81. The van der Waals surface area contributed by atoms with Gasteiger partial charge in [-0.3, -0.25) is 0 Å². The Balaban J connectivity index is 0.000000336. The van der Waals surface area contributed by atoms with Crippen molar-refractivity contribution < 1.29 is 0 Å². The summed E-state index contributed by atoms with van der Waals surface area (Å²) in [6.07, 6.45) is 2.93. The van der Waals surface area contributed by atoms with Crippen LogP contribution in [0.15, 0.2) is 0 Å². The van der Waals surface area contributed by atoms with Gasteiger partial charge in [-0.1, -0.05) is 13.8 Å². The Morgan fingerprint density at radius 2 is 2.00 bits per heavy atom. The first-order chi connectivity index (χ1) is 5.81. The predicted octanol–water partition coefficient (Wildman–Crippen LogP) is 2.47. The molecule has 0 radical (unpaired) electrons. The quantitative estimate of drug-likeness (QED) is 0.573. The van der Waals surface area contributed by atoms with Crippen molar-refractivity contribution in [2.24, 2.45) is 5.41 Å². The summed E-state index contributed by atoms with van der Waals surface area (Å²) in [5, 5.41) is 0. The molecular formula is C10H21NS. The van der Waals surface area contributed by atoms with Crippen LogP contribution < -0.4 is 0 Å². The smallest absolute Gasteiger partial charge is 0.00436 e. The molecule has 12 heavy (non-hydrogen) atoms. The van der Waals surface area contributed by atoms with Crippen LogP contribution in [0.3, 0.4) is 0 Å². The molecule has 2 heterocycles. The van der Waals surface area contributed by atoms with Crippen LogP contribution in [0.4, 0.5) is 0 Å². The second kappa shape index (κ2) is 4.52.